The van der Waals surface area contributed by atoms with Crippen LogP contribution in [0, 0.1) is 17.5 Å². The molecule has 3 rings (SSSR count). The van der Waals surface area contributed by atoms with Crippen molar-refractivity contribution in [1.82, 2.24) is 24.9 Å². The van der Waals surface area contributed by atoms with E-state index in [1.165, 1.54) is 11.0 Å². The number of benzene rings is 1. The van der Waals surface area contributed by atoms with E-state index >= 15 is 0 Å². The third kappa shape index (κ3) is 3.82. The quantitative estimate of drug-likeness (QED) is 0.842. The molecule has 0 unspecified atom stereocenters. The number of nitrogens with zero attached hydrogens (tertiary/aromatic N) is 4. The van der Waals surface area contributed by atoms with Gasteiger partial charge in [0.2, 0.25) is 0 Å². The predicted molar refractivity (Wildman–Crippen MR) is 88.6 cm³/mol. The minimum Gasteiger partial charge on any atom is -0.332 e. The van der Waals surface area contributed by atoms with Gasteiger partial charge in [-0.25, -0.2) is 18.0 Å². The van der Waals surface area contributed by atoms with Crippen molar-refractivity contribution in [2.75, 3.05) is 20.6 Å². The van der Waals surface area contributed by atoms with Crippen LogP contribution in [0.5, 0.6) is 0 Å². The normalized spacial score (nSPS) is 14.2. The summed E-state index contributed by atoms with van der Waals surface area (Å²) in [7, 11) is 3.31. The van der Waals surface area contributed by atoms with E-state index in [4.69, 9.17) is 0 Å². The molecule has 2 amide bonds. The summed E-state index contributed by atoms with van der Waals surface area (Å²) in [5.74, 6) is -3.77. The fraction of sp³-hybridized carbons (Fsp3) is 0.412. The van der Waals surface area contributed by atoms with E-state index in [0.717, 1.165) is 17.5 Å². The summed E-state index contributed by atoms with van der Waals surface area (Å²) >= 11 is 0. The molecular weight excluding hydrogens is 347 g/mol. The highest BCUT2D eigenvalue weighted by Crippen LogP contribution is 2.20. The Balaban J connectivity index is 1.65. The van der Waals surface area contributed by atoms with Crippen LogP contribution in [0.25, 0.3) is 0 Å². The molecule has 1 aliphatic rings. The Morgan fingerprint density at radius 1 is 1.23 bits per heavy atom. The van der Waals surface area contributed by atoms with Crippen LogP contribution in [-0.2, 0) is 26.2 Å². The van der Waals surface area contributed by atoms with E-state index in [-0.39, 0.29) is 18.1 Å². The van der Waals surface area contributed by atoms with Gasteiger partial charge in [0.15, 0.2) is 17.5 Å². The molecule has 6 nitrogen and oxygen atoms in total. The van der Waals surface area contributed by atoms with Gasteiger partial charge < -0.3 is 10.2 Å². The lowest BCUT2D eigenvalue weighted by molar-refractivity contribution is 0.201. The van der Waals surface area contributed by atoms with Crippen LogP contribution in [0.15, 0.2) is 18.2 Å². The Morgan fingerprint density at radius 2 is 2.00 bits per heavy atom. The van der Waals surface area contributed by atoms with Gasteiger partial charge in [0.1, 0.15) is 0 Å². The molecule has 1 aromatic carbocycles. The molecule has 1 aromatic heterocycles. The van der Waals surface area contributed by atoms with Crippen LogP contribution in [0.2, 0.25) is 0 Å². The van der Waals surface area contributed by atoms with E-state index in [2.05, 4.69) is 10.4 Å². The van der Waals surface area contributed by atoms with Crippen molar-refractivity contribution in [2.45, 2.75) is 26.2 Å². The summed E-state index contributed by atoms with van der Waals surface area (Å²) in [5, 5.41) is 7.19. The number of hydrogen-bond acceptors (Lipinski definition) is 3. The van der Waals surface area contributed by atoms with Crippen molar-refractivity contribution < 1.29 is 18.0 Å². The summed E-state index contributed by atoms with van der Waals surface area (Å²) < 4.78 is 42.1. The fourth-order valence-corrected chi connectivity index (χ4v) is 2.85. The van der Waals surface area contributed by atoms with Gasteiger partial charge in [-0.2, -0.15) is 5.10 Å². The number of carbonyl (C=O) groups excluding carboxylic acids is 1. The molecular formula is C17H20F3N5O. The summed E-state index contributed by atoms with van der Waals surface area (Å²) in [6.45, 7) is 2.21. The molecule has 0 fully saturated rings. The molecule has 0 atom stereocenters. The van der Waals surface area contributed by atoms with Crippen molar-refractivity contribution in [3.05, 3.63) is 52.6 Å². The van der Waals surface area contributed by atoms with Crippen molar-refractivity contribution in [3.8, 4) is 0 Å². The van der Waals surface area contributed by atoms with Crippen molar-refractivity contribution in [2.24, 2.45) is 0 Å². The molecule has 9 heteroatoms. The predicted octanol–water partition coefficient (Wildman–Crippen LogP) is 2.09. The van der Waals surface area contributed by atoms with Crippen LogP contribution in [0.1, 0.15) is 17.0 Å². The van der Waals surface area contributed by atoms with E-state index in [0.29, 0.717) is 26.2 Å². The standard InChI is InChI=1S/C17H20F3N5O/c1-23(2)17(26)21-8-12-7-13-10-24(5-6-25(13)22-12)9-11-3-4-14(18)16(20)15(11)19/h3-4,7H,5-6,8-10H2,1-2H3,(H,21,26). The van der Waals surface area contributed by atoms with Crippen LogP contribution < -0.4 is 5.32 Å². The van der Waals surface area contributed by atoms with Gasteiger partial charge in [0.25, 0.3) is 0 Å². The zero-order valence-corrected chi connectivity index (χ0v) is 14.6. The molecule has 0 saturated heterocycles. The molecule has 0 radical (unpaired) electrons. The second kappa shape index (κ2) is 7.36. The SMILES string of the molecule is CN(C)C(=O)NCc1cc2n(n1)CCN(Cc1ccc(F)c(F)c1F)C2. The average molecular weight is 367 g/mol. The Kier molecular flexibility index (Phi) is 5.17. The Morgan fingerprint density at radius 3 is 2.73 bits per heavy atom. The van der Waals surface area contributed by atoms with Crippen LogP contribution >= 0.6 is 0 Å². The maximum atomic E-state index is 13.9. The molecule has 1 N–H and O–H groups in total. The lowest BCUT2D eigenvalue weighted by Gasteiger charge is -2.27. The first-order valence-corrected chi connectivity index (χ1v) is 8.20. The summed E-state index contributed by atoms with van der Waals surface area (Å²) in [6, 6.07) is 3.88. The number of fused-ring (bicyclic) bond motifs is 1. The summed E-state index contributed by atoms with van der Waals surface area (Å²) in [5.41, 5.74) is 1.78. The number of halogens is 3. The minimum absolute atomic E-state index is 0.121. The second-order valence-corrected chi connectivity index (χ2v) is 6.45. The molecule has 0 saturated carbocycles. The van der Waals surface area contributed by atoms with E-state index in [9.17, 15) is 18.0 Å². The van der Waals surface area contributed by atoms with E-state index in [1.807, 2.05) is 15.6 Å². The average Bonchev–Trinajstić information content (AvgIpc) is 3.02. The van der Waals surface area contributed by atoms with Crippen molar-refractivity contribution >= 4 is 6.03 Å². The maximum Gasteiger partial charge on any atom is 0.317 e. The molecule has 0 bridgehead atoms. The monoisotopic (exact) mass is 367 g/mol. The molecule has 0 aliphatic carbocycles. The highest BCUT2D eigenvalue weighted by Gasteiger charge is 2.21. The van der Waals surface area contributed by atoms with Crippen molar-refractivity contribution in [3.63, 3.8) is 0 Å². The smallest absolute Gasteiger partial charge is 0.317 e. The highest BCUT2D eigenvalue weighted by atomic mass is 19.2. The molecule has 26 heavy (non-hydrogen) atoms. The van der Waals surface area contributed by atoms with Crippen LogP contribution in [0.3, 0.4) is 0 Å². The third-order valence-electron chi connectivity index (χ3n) is 4.26. The number of aromatic nitrogens is 2. The highest BCUT2D eigenvalue weighted by molar-refractivity contribution is 5.73. The summed E-state index contributed by atoms with van der Waals surface area (Å²) in [4.78, 5) is 15.0. The number of hydrogen-bond donors (Lipinski definition) is 1. The third-order valence-corrected chi connectivity index (χ3v) is 4.26. The minimum atomic E-state index is -1.44. The van der Waals surface area contributed by atoms with Gasteiger partial charge in [-0.05, 0) is 12.1 Å². The zero-order chi connectivity index (χ0) is 18.8. The molecule has 1 aliphatic heterocycles. The second-order valence-electron chi connectivity index (χ2n) is 6.45. The van der Waals surface area contributed by atoms with Crippen molar-refractivity contribution in [1.29, 1.82) is 0 Å². The van der Waals surface area contributed by atoms with Gasteiger partial charge in [0, 0.05) is 39.3 Å². The van der Waals surface area contributed by atoms with Gasteiger partial charge in [0.05, 0.1) is 24.5 Å². The Bertz CT molecular complexity index is 821. The maximum absolute atomic E-state index is 13.9. The van der Waals surface area contributed by atoms with Crippen LogP contribution in [-0.4, -0.2) is 46.3 Å². The number of urea groups is 1. The van der Waals surface area contributed by atoms with Gasteiger partial charge in [-0.15, -0.1) is 0 Å². The number of carbonyl (C=O) groups is 1. The first kappa shape index (κ1) is 18.2. The van der Waals surface area contributed by atoms with Gasteiger partial charge in [-0.3, -0.25) is 9.58 Å². The Hall–Kier alpha value is -2.55. The largest absolute Gasteiger partial charge is 0.332 e. The lowest BCUT2D eigenvalue weighted by atomic mass is 10.1. The molecule has 140 valence electrons. The zero-order valence-electron chi connectivity index (χ0n) is 14.6. The molecule has 0 spiro atoms. The molecule has 2 aromatic rings. The number of rotatable bonds is 4. The summed E-state index contributed by atoms with van der Waals surface area (Å²) in [6.07, 6.45) is 0. The number of nitrogens with one attached hydrogen (secondary N) is 1. The first-order chi connectivity index (χ1) is 12.3. The van der Waals surface area contributed by atoms with Crippen LogP contribution in [0.4, 0.5) is 18.0 Å². The first-order valence-electron chi connectivity index (χ1n) is 8.20. The Labute approximate surface area is 149 Å². The fourth-order valence-electron chi connectivity index (χ4n) is 2.85. The van der Waals surface area contributed by atoms with Gasteiger partial charge >= 0.3 is 6.03 Å². The van der Waals surface area contributed by atoms with E-state index < -0.39 is 17.5 Å². The number of amides is 2. The topological polar surface area (TPSA) is 53.4 Å². The van der Waals surface area contributed by atoms with Gasteiger partial charge in [-0.1, -0.05) is 6.07 Å². The molecule has 2 heterocycles. The van der Waals surface area contributed by atoms with E-state index in [1.54, 1.807) is 14.1 Å². The lowest BCUT2D eigenvalue weighted by Crippen LogP contribution is -2.34.